The molecule has 0 spiro atoms. The van der Waals surface area contributed by atoms with Gasteiger partial charge in [-0.2, -0.15) is 13.2 Å². The molecule has 1 rings (SSSR count). The van der Waals surface area contributed by atoms with Crippen molar-refractivity contribution in [1.29, 1.82) is 0 Å². The van der Waals surface area contributed by atoms with Crippen molar-refractivity contribution in [2.45, 2.75) is 32.7 Å². The van der Waals surface area contributed by atoms with Crippen molar-refractivity contribution in [2.75, 3.05) is 6.61 Å². The van der Waals surface area contributed by atoms with Crippen LogP contribution in [0.25, 0.3) is 0 Å². The summed E-state index contributed by atoms with van der Waals surface area (Å²) in [6.45, 7) is 0.842. The Bertz CT molecular complexity index is 401. The van der Waals surface area contributed by atoms with Crippen LogP contribution in [0, 0.1) is 0 Å². The molecule has 0 bridgehead atoms. The summed E-state index contributed by atoms with van der Waals surface area (Å²) in [6.07, 6.45) is -3.88. The molecule has 0 radical (unpaired) electrons. The number of nitrogens with one attached hydrogen (secondary N) is 1. The van der Waals surface area contributed by atoms with Gasteiger partial charge in [-0.1, -0.05) is 31.2 Å². The maximum atomic E-state index is 11.9. The molecule has 0 unspecified atom stereocenters. The summed E-state index contributed by atoms with van der Waals surface area (Å²) in [4.78, 5) is 11.0. The van der Waals surface area contributed by atoms with Crippen LogP contribution in [0.4, 0.5) is 13.2 Å². The summed E-state index contributed by atoms with van der Waals surface area (Å²) >= 11 is 0. The first-order valence-corrected chi connectivity index (χ1v) is 5.89. The summed E-state index contributed by atoms with van der Waals surface area (Å²) < 4.78 is 40.1. The number of halogens is 3. The molecule has 1 aromatic rings. The molecule has 106 valence electrons. The lowest BCUT2D eigenvalue weighted by atomic mass is 10.1. The van der Waals surface area contributed by atoms with Crippen molar-refractivity contribution >= 4 is 5.91 Å². The number of alkyl halides is 3. The minimum Gasteiger partial charge on any atom is -0.367 e. The second-order valence-electron chi connectivity index (χ2n) is 4.05. The molecule has 0 saturated carbocycles. The van der Waals surface area contributed by atoms with E-state index in [0.29, 0.717) is 18.5 Å². The SMILES string of the molecule is CCC(=O)NCc1ccc(COCC(F)(F)F)cc1. The van der Waals surface area contributed by atoms with E-state index in [-0.39, 0.29) is 12.5 Å². The van der Waals surface area contributed by atoms with E-state index in [4.69, 9.17) is 0 Å². The zero-order chi connectivity index (χ0) is 14.3. The first-order valence-electron chi connectivity index (χ1n) is 5.89. The van der Waals surface area contributed by atoms with E-state index in [1.807, 2.05) is 0 Å². The lowest BCUT2D eigenvalue weighted by Gasteiger charge is -2.08. The van der Waals surface area contributed by atoms with Crippen molar-refractivity contribution in [3.63, 3.8) is 0 Å². The largest absolute Gasteiger partial charge is 0.411 e. The Morgan fingerprint density at radius 1 is 1.21 bits per heavy atom. The predicted octanol–water partition coefficient (Wildman–Crippen LogP) is 2.79. The molecule has 3 nitrogen and oxygen atoms in total. The van der Waals surface area contributed by atoms with Gasteiger partial charge in [-0.05, 0) is 11.1 Å². The molecule has 0 aromatic heterocycles. The van der Waals surface area contributed by atoms with Gasteiger partial charge >= 0.3 is 6.18 Å². The quantitative estimate of drug-likeness (QED) is 0.867. The van der Waals surface area contributed by atoms with Crippen LogP contribution in [0.15, 0.2) is 24.3 Å². The van der Waals surface area contributed by atoms with E-state index in [9.17, 15) is 18.0 Å². The molecule has 1 aromatic carbocycles. The van der Waals surface area contributed by atoms with Crippen LogP contribution in [-0.2, 0) is 22.7 Å². The monoisotopic (exact) mass is 275 g/mol. The molecule has 0 aliphatic carbocycles. The maximum Gasteiger partial charge on any atom is 0.411 e. The van der Waals surface area contributed by atoms with Gasteiger partial charge in [0.25, 0.3) is 0 Å². The van der Waals surface area contributed by atoms with Crippen LogP contribution in [0.1, 0.15) is 24.5 Å². The minimum absolute atomic E-state index is 0.0439. The lowest BCUT2D eigenvalue weighted by molar-refractivity contribution is -0.176. The van der Waals surface area contributed by atoms with Crippen molar-refractivity contribution in [3.05, 3.63) is 35.4 Å². The summed E-state index contributed by atoms with van der Waals surface area (Å²) in [5.74, 6) is -0.0439. The molecule has 1 amide bonds. The molecule has 0 heterocycles. The van der Waals surface area contributed by atoms with E-state index < -0.39 is 12.8 Å². The molecular weight excluding hydrogens is 259 g/mol. The van der Waals surface area contributed by atoms with Crippen molar-refractivity contribution in [3.8, 4) is 0 Å². The second kappa shape index (κ2) is 7.13. The highest BCUT2D eigenvalue weighted by Gasteiger charge is 2.27. The Morgan fingerprint density at radius 2 is 1.79 bits per heavy atom. The molecule has 19 heavy (non-hydrogen) atoms. The Labute approximate surface area is 109 Å². The Kier molecular flexibility index (Phi) is 5.82. The molecule has 0 saturated heterocycles. The third-order valence-corrected chi connectivity index (χ3v) is 2.37. The van der Waals surface area contributed by atoms with Gasteiger partial charge in [0.1, 0.15) is 6.61 Å². The number of carbonyl (C=O) groups is 1. The number of ether oxygens (including phenoxy) is 1. The standard InChI is InChI=1S/C13H16F3NO2/c1-2-12(18)17-7-10-3-5-11(6-4-10)8-19-9-13(14,15)16/h3-6H,2,7-9H2,1H3,(H,17,18). The molecule has 0 atom stereocenters. The predicted molar refractivity (Wildman–Crippen MR) is 64.3 cm³/mol. The normalized spacial score (nSPS) is 11.4. The number of hydrogen-bond acceptors (Lipinski definition) is 2. The number of benzene rings is 1. The Morgan fingerprint density at radius 3 is 2.32 bits per heavy atom. The fourth-order valence-electron chi connectivity index (χ4n) is 1.36. The summed E-state index contributed by atoms with van der Waals surface area (Å²) in [6, 6.07) is 6.87. The van der Waals surface area contributed by atoms with Gasteiger partial charge in [0.05, 0.1) is 6.61 Å². The second-order valence-corrected chi connectivity index (χ2v) is 4.05. The zero-order valence-electron chi connectivity index (χ0n) is 10.6. The molecular formula is C13H16F3NO2. The van der Waals surface area contributed by atoms with Crippen LogP contribution in [0.3, 0.4) is 0 Å². The van der Waals surface area contributed by atoms with Gasteiger partial charge in [0.2, 0.25) is 5.91 Å². The van der Waals surface area contributed by atoms with E-state index in [1.165, 1.54) is 0 Å². The third kappa shape index (κ3) is 6.81. The average molecular weight is 275 g/mol. The van der Waals surface area contributed by atoms with E-state index in [1.54, 1.807) is 31.2 Å². The Balaban J connectivity index is 2.37. The van der Waals surface area contributed by atoms with Gasteiger partial charge < -0.3 is 10.1 Å². The molecule has 1 N–H and O–H groups in total. The topological polar surface area (TPSA) is 38.3 Å². The van der Waals surface area contributed by atoms with E-state index in [2.05, 4.69) is 10.1 Å². The van der Waals surface area contributed by atoms with Crippen LogP contribution in [-0.4, -0.2) is 18.7 Å². The van der Waals surface area contributed by atoms with Gasteiger partial charge in [-0.3, -0.25) is 4.79 Å². The highest BCUT2D eigenvalue weighted by Crippen LogP contribution is 2.15. The van der Waals surface area contributed by atoms with Crippen molar-refractivity contribution < 1.29 is 22.7 Å². The van der Waals surface area contributed by atoms with Crippen molar-refractivity contribution in [2.24, 2.45) is 0 Å². The number of rotatable bonds is 6. The summed E-state index contributed by atoms with van der Waals surface area (Å²) in [7, 11) is 0. The fourth-order valence-corrected chi connectivity index (χ4v) is 1.36. The molecule has 6 heteroatoms. The van der Waals surface area contributed by atoms with Crippen molar-refractivity contribution in [1.82, 2.24) is 5.32 Å². The van der Waals surface area contributed by atoms with Crippen LogP contribution < -0.4 is 5.32 Å². The molecule has 0 aliphatic heterocycles. The van der Waals surface area contributed by atoms with Gasteiger partial charge in [-0.25, -0.2) is 0 Å². The van der Waals surface area contributed by atoms with Gasteiger partial charge in [0.15, 0.2) is 0 Å². The maximum absolute atomic E-state index is 11.9. The minimum atomic E-state index is -4.30. The summed E-state index contributed by atoms with van der Waals surface area (Å²) in [5, 5.41) is 2.71. The first kappa shape index (κ1) is 15.5. The number of carbonyl (C=O) groups excluding carboxylic acids is 1. The van der Waals surface area contributed by atoms with Gasteiger partial charge in [0, 0.05) is 13.0 Å². The third-order valence-electron chi connectivity index (χ3n) is 2.37. The number of amides is 1. The van der Waals surface area contributed by atoms with E-state index in [0.717, 1.165) is 5.56 Å². The van der Waals surface area contributed by atoms with Gasteiger partial charge in [-0.15, -0.1) is 0 Å². The zero-order valence-corrected chi connectivity index (χ0v) is 10.6. The highest BCUT2D eigenvalue weighted by atomic mass is 19.4. The molecule has 0 fully saturated rings. The first-order chi connectivity index (χ1) is 8.90. The Hall–Kier alpha value is -1.56. The highest BCUT2D eigenvalue weighted by molar-refractivity contribution is 5.75. The number of hydrogen-bond donors (Lipinski definition) is 1. The molecule has 0 aliphatic rings. The smallest absolute Gasteiger partial charge is 0.367 e. The average Bonchev–Trinajstić information content (AvgIpc) is 2.36. The van der Waals surface area contributed by atoms with Crippen LogP contribution >= 0.6 is 0 Å². The fraction of sp³-hybridized carbons (Fsp3) is 0.462. The van der Waals surface area contributed by atoms with Crippen LogP contribution in [0.2, 0.25) is 0 Å². The van der Waals surface area contributed by atoms with E-state index >= 15 is 0 Å². The van der Waals surface area contributed by atoms with Crippen LogP contribution in [0.5, 0.6) is 0 Å². The lowest BCUT2D eigenvalue weighted by Crippen LogP contribution is -2.21. The summed E-state index contributed by atoms with van der Waals surface area (Å²) in [5.41, 5.74) is 1.55.